The second-order valence-corrected chi connectivity index (χ2v) is 3.04. The molecule has 0 amide bonds. The van der Waals surface area contributed by atoms with Crippen molar-refractivity contribution in [2.24, 2.45) is 0 Å². The average molecular weight is 191 g/mol. The molecule has 0 atom stereocenters. The first-order valence-electron chi connectivity index (χ1n) is 4.90. The topological polar surface area (TPSA) is 54.7 Å². The molecular weight excluding hydrogens is 174 g/mol. The minimum atomic E-state index is 0.577. The van der Waals surface area contributed by atoms with Crippen molar-refractivity contribution < 1.29 is 0 Å². The van der Waals surface area contributed by atoms with E-state index in [0.29, 0.717) is 5.82 Å². The summed E-state index contributed by atoms with van der Waals surface area (Å²) in [4.78, 5) is 0. The lowest BCUT2D eigenvalue weighted by Crippen LogP contribution is -1.84. The molecule has 0 bridgehead atoms. The summed E-state index contributed by atoms with van der Waals surface area (Å²) in [6, 6.07) is 4.06. The first kappa shape index (κ1) is 10.6. The number of hydrogen-bond donors (Lipinski definition) is 2. The number of hydrogen-bond acceptors (Lipinski definition) is 2. The van der Waals surface area contributed by atoms with Gasteiger partial charge in [-0.05, 0) is 31.0 Å². The van der Waals surface area contributed by atoms with Gasteiger partial charge in [-0.1, -0.05) is 19.9 Å². The smallest absolute Gasteiger partial charge is 0.153 e. The van der Waals surface area contributed by atoms with Crippen LogP contribution >= 0.6 is 0 Å². The Labute approximate surface area is 84.3 Å². The number of aromatic nitrogens is 2. The fourth-order valence-electron chi connectivity index (χ4n) is 1.35. The number of H-pyrrole nitrogens is 1. The van der Waals surface area contributed by atoms with E-state index in [0.717, 1.165) is 10.9 Å². The number of fused-ring (bicyclic) bond motifs is 1. The monoisotopic (exact) mass is 191 g/mol. The Morgan fingerprint density at radius 2 is 1.86 bits per heavy atom. The van der Waals surface area contributed by atoms with Crippen molar-refractivity contribution in [3.8, 4) is 0 Å². The van der Waals surface area contributed by atoms with E-state index in [2.05, 4.69) is 30.1 Å². The van der Waals surface area contributed by atoms with E-state index in [1.54, 1.807) is 0 Å². The van der Waals surface area contributed by atoms with Crippen LogP contribution in [-0.4, -0.2) is 10.2 Å². The highest BCUT2D eigenvalue weighted by Gasteiger charge is 2.04. The Morgan fingerprint density at radius 1 is 1.21 bits per heavy atom. The van der Waals surface area contributed by atoms with Crippen LogP contribution in [0.2, 0.25) is 0 Å². The first-order chi connectivity index (χ1) is 6.70. The number of nitrogens with two attached hydrogens (primary N) is 1. The third kappa shape index (κ3) is 1.58. The third-order valence-electron chi connectivity index (χ3n) is 2.30. The van der Waals surface area contributed by atoms with Crippen LogP contribution in [0.3, 0.4) is 0 Å². The second-order valence-electron chi connectivity index (χ2n) is 3.04. The Hall–Kier alpha value is -1.51. The van der Waals surface area contributed by atoms with Gasteiger partial charge in [0, 0.05) is 5.39 Å². The maximum Gasteiger partial charge on any atom is 0.153 e. The summed E-state index contributed by atoms with van der Waals surface area (Å²) in [7, 11) is 0. The molecule has 1 heterocycles. The highest BCUT2D eigenvalue weighted by molar-refractivity contribution is 5.91. The normalized spacial score (nSPS) is 9.71. The van der Waals surface area contributed by atoms with Crippen LogP contribution in [0.25, 0.3) is 10.9 Å². The van der Waals surface area contributed by atoms with Gasteiger partial charge in [0.2, 0.25) is 0 Å². The zero-order valence-electron chi connectivity index (χ0n) is 9.18. The molecule has 2 rings (SSSR count). The van der Waals surface area contributed by atoms with Crippen LogP contribution in [0.5, 0.6) is 0 Å². The van der Waals surface area contributed by atoms with Crippen LogP contribution in [-0.2, 0) is 0 Å². The standard InChI is InChI=1S/C9H11N3.C2H6/c1-5-3-4-7-8(6(5)2)11-12-9(7)10;1-2/h3-4H,1-2H3,(H3,10,11,12);1-2H3. The number of nitrogens with one attached hydrogen (secondary N) is 1. The van der Waals surface area contributed by atoms with Crippen molar-refractivity contribution in [2.75, 3.05) is 5.73 Å². The van der Waals surface area contributed by atoms with Gasteiger partial charge in [-0.2, -0.15) is 5.10 Å². The van der Waals surface area contributed by atoms with Gasteiger partial charge >= 0.3 is 0 Å². The van der Waals surface area contributed by atoms with Gasteiger partial charge in [-0.15, -0.1) is 0 Å². The molecule has 0 fully saturated rings. The van der Waals surface area contributed by atoms with Crippen LogP contribution in [0, 0.1) is 13.8 Å². The number of benzene rings is 1. The van der Waals surface area contributed by atoms with Crippen molar-refractivity contribution in [3.63, 3.8) is 0 Å². The number of nitrogens with zero attached hydrogens (tertiary/aromatic N) is 1. The molecule has 3 heteroatoms. The molecule has 0 aliphatic heterocycles. The number of aryl methyl sites for hydroxylation is 2. The highest BCUT2D eigenvalue weighted by Crippen LogP contribution is 2.22. The number of rotatable bonds is 0. The molecule has 0 saturated heterocycles. The molecule has 0 radical (unpaired) electrons. The van der Waals surface area contributed by atoms with E-state index >= 15 is 0 Å². The Morgan fingerprint density at radius 3 is 2.50 bits per heavy atom. The number of aromatic amines is 1. The van der Waals surface area contributed by atoms with Crippen molar-refractivity contribution in [3.05, 3.63) is 23.3 Å². The fraction of sp³-hybridized carbons (Fsp3) is 0.364. The van der Waals surface area contributed by atoms with Gasteiger partial charge in [-0.3, -0.25) is 5.10 Å². The molecule has 14 heavy (non-hydrogen) atoms. The molecule has 0 spiro atoms. The molecule has 0 saturated carbocycles. The van der Waals surface area contributed by atoms with Crippen molar-refractivity contribution in [1.29, 1.82) is 0 Å². The molecule has 0 aliphatic rings. The predicted molar refractivity (Wildman–Crippen MR) is 61.3 cm³/mol. The first-order valence-corrected chi connectivity index (χ1v) is 4.90. The van der Waals surface area contributed by atoms with E-state index in [4.69, 9.17) is 5.73 Å². The summed E-state index contributed by atoms with van der Waals surface area (Å²) in [5, 5.41) is 7.88. The van der Waals surface area contributed by atoms with Crippen LogP contribution in [0.4, 0.5) is 5.82 Å². The minimum absolute atomic E-state index is 0.577. The van der Waals surface area contributed by atoms with E-state index in [9.17, 15) is 0 Å². The highest BCUT2D eigenvalue weighted by atomic mass is 15.1. The second kappa shape index (κ2) is 4.13. The van der Waals surface area contributed by atoms with Crippen molar-refractivity contribution in [1.82, 2.24) is 10.2 Å². The number of anilines is 1. The Balaban J connectivity index is 0.000000461. The molecule has 0 unspecified atom stereocenters. The zero-order valence-corrected chi connectivity index (χ0v) is 9.18. The third-order valence-corrected chi connectivity index (χ3v) is 2.30. The molecule has 3 N–H and O–H groups in total. The maximum absolute atomic E-state index is 5.65. The molecular formula is C11H17N3. The van der Waals surface area contributed by atoms with E-state index < -0.39 is 0 Å². The van der Waals surface area contributed by atoms with Crippen LogP contribution < -0.4 is 5.73 Å². The Kier molecular flexibility index (Phi) is 3.12. The number of nitrogen functional groups attached to an aromatic ring is 1. The summed E-state index contributed by atoms with van der Waals surface area (Å²) >= 11 is 0. The molecule has 3 nitrogen and oxygen atoms in total. The fourth-order valence-corrected chi connectivity index (χ4v) is 1.35. The summed E-state index contributed by atoms with van der Waals surface area (Å²) in [5.74, 6) is 0.577. The summed E-state index contributed by atoms with van der Waals surface area (Å²) in [6.07, 6.45) is 0. The van der Waals surface area contributed by atoms with E-state index in [1.807, 2.05) is 19.9 Å². The van der Waals surface area contributed by atoms with Crippen LogP contribution in [0.15, 0.2) is 12.1 Å². The zero-order chi connectivity index (χ0) is 10.7. The van der Waals surface area contributed by atoms with Crippen molar-refractivity contribution in [2.45, 2.75) is 27.7 Å². The largest absolute Gasteiger partial charge is 0.382 e. The Bertz CT molecular complexity index is 429. The lowest BCUT2D eigenvalue weighted by atomic mass is 10.1. The molecule has 1 aromatic carbocycles. The summed E-state index contributed by atoms with van der Waals surface area (Å²) in [5.41, 5.74) is 9.18. The van der Waals surface area contributed by atoms with E-state index in [-0.39, 0.29) is 0 Å². The van der Waals surface area contributed by atoms with Gasteiger partial charge in [0.05, 0.1) is 5.52 Å². The van der Waals surface area contributed by atoms with Gasteiger partial charge < -0.3 is 5.73 Å². The van der Waals surface area contributed by atoms with Crippen LogP contribution in [0.1, 0.15) is 25.0 Å². The molecule has 0 aliphatic carbocycles. The molecule has 1 aromatic heterocycles. The van der Waals surface area contributed by atoms with Gasteiger partial charge in [0.25, 0.3) is 0 Å². The van der Waals surface area contributed by atoms with Gasteiger partial charge in [0.1, 0.15) is 0 Å². The van der Waals surface area contributed by atoms with Gasteiger partial charge in [-0.25, -0.2) is 0 Å². The predicted octanol–water partition coefficient (Wildman–Crippen LogP) is 2.79. The summed E-state index contributed by atoms with van der Waals surface area (Å²) < 4.78 is 0. The lowest BCUT2D eigenvalue weighted by molar-refractivity contribution is 1.12. The quantitative estimate of drug-likeness (QED) is 0.672. The summed E-state index contributed by atoms with van der Waals surface area (Å²) in [6.45, 7) is 8.14. The lowest BCUT2D eigenvalue weighted by Gasteiger charge is -1.99. The minimum Gasteiger partial charge on any atom is -0.382 e. The molecule has 2 aromatic rings. The molecule has 76 valence electrons. The average Bonchev–Trinajstić information content (AvgIpc) is 2.58. The van der Waals surface area contributed by atoms with E-state index in [1.165, 1.54) is 11.1 Å². The van der Waals surface area contributed by atoms with Crippen molar-refractivity contribution >= 4 is 16.7 Å². The SMILES string of the molecule is CC.Cc1ccc2c(N)n[nH]c2c1C. The maximum atomic E-state index is 5.65. The van der Waals surface area contributed by atoms with Gasteiger partial charge in [0.15, 0.2) is 5.82 Å².